The summed E-state index contributed by atoms with van der Waals surface area (Å²) in [4.78, 5) is 12.1. The van der Waals surface area contributed by atoms with Gasteiger partial charge in [-0.05, 0) is 31.0 Å². The molecule has 0 unspecified atom stereocenters. The number of hydrogen-bond acceptors (Lipinski definition) is 2. The molecule has 20 heavy (non-hydrogen) atoms. The largest absolute Gasteiger partial charge is 0.418 e. The van der Waals surface area contributed by atoms with E-state index in [0.717, 1.165) is 6.07 Å². The van der Waals surface area contributed by atoms with Crippen molar-refractivity contribution in [1.82, 2.24) is 0 Å². The van der Waals surface area contributed by atoms with Crippen molar-refractivity contribution >= 4 is 44.7 Å². The Morgan fingerprint density at radius 2 is 2.00 bits per heavy atom. The van der Waals surface area contributed by atoms with Crippen molar-refractivity contribution in [2.45, 2.75) is 19.0 Å². The van der Waals surface area contributed by atoms with Crippen LogP contribution in [0.25, 0.3) is 0 Å². The molecule has 0 bridgehead atoms. The van der Waals surface area contributed by atoms with Crippen LogP contribution in [-0.4, -0.2) is 10.9 Å². The van der Waals surface area contributed by atoms with Crippen molar-refractivity contribution in [2.24, 2.45) is 11.1 Å². The van der Waals surface area contributed by atoms with Gasteiger partial charge in [-0.25, -0.2) is 0 Å². The van der Waals surface area contributed by atoms with Crippen molar-refractivity contribution in [3.63, 3.8) is 0 Å². The first-order valence-corrected chi connectivity index (χ1v) is 6.85. The first-order chi connectivity index (χ1) is 9.17. The Balaban J connectivity index is 2.31. The number of anilines is 1. The maximum absolute atomic E-state index is 12.9. The SMILES string of the molecule is NC(=S)C1(C(=O)Nc2ccc(Br)cc2C(F)(F)F)CC1. The van der Waals surface area contributed by atoms with E-state index in [-0.39, 0.29) is 15.1 Å². The number of amides is 1. The first kappa shape index (κ1) is 15.2. The highest BCUT2D eigenvalue weighted by Gasteiger charge is 2.53. The van der Waals surface area contributed by atoms with E-state index in [0.29, 0.717) is 12.8 Å². The number of rotatable bonds is 3. The predicted octanol–water partition coefficient (Wildman–Crippen LogP) is 3.47. The summed E-state index contributed by atoms with van der Waals surface area (Å²) in [7, 11) is 0. The van der Waals surface area contributed by atoms with Crippen LogP contribution >= 0.6 is 28.1 Å². The minimum Gasteiger partial charge on any atom is -0.392 e. The van der Waals surface area contributed by atoms with E-state index in [1.807, 2.05) is 0 Å². The second-order valence-electron chi connectivity index (χ2n) is 4.59. The van der Waals surface area contributed by atoms with Crippen LogP contribution in [0.15, 0.2) is 22.7 Å². The van der Waals surface area contributed by atoms with Gasteiger partial charge in [0.2, 0.25) is 5.91 Å². The lowest BCUT2D eigenvalue weighted by atomic mass is 10.1. The van der Waals surface area contributed by atoms with E-state index < -0.39 is 23.1 Å². The first-order valence-electron chi connectivity index (χ1n) is 5.65. The summed E-state index contributed by atoms with van der Waals surface area (Å²) in [6.07, 6.45) is -3.63. The van der Waals surface area contributed by atoms with Gasteiger partial charge in [-0.3, -0.25) is 4.79 Å². The standard InChI is InChI=1S/C12H10BrF3N2OS/c13-6-1-2-8(7(5-6)12(14,15)16)18-10(19)11(3-4-11)9(17)20/h1-2,5H,3-4H2,(H2,17,20)(H,18,19). The molecule has 108 valence electrons. The quantitative estimate of drug-likeness (QED) is 0.805. The van der Waals surface area contributed by atoms with Gasteiger partial charge in [0, 0.05) is 4.47 Å². The van der Waals surface area contributed by atoms with E-state index in [9.17, 15) is 18.0 Å². The highest BCUT2D eigenvalue weighted by molar-refractivity contribution is 9.10. The van der Waals surface area contributed by atoms with E-state index in [2.05, 4.69) is 21.2 Å². The highest BCUT2D eigenvalue weighted by atomic mass is 79.9. The molecule has 1 aromatic rings. The fourth-order valence-electron chi connectivity index (χ4n) is 1.81. The maximum atomic E-state index is 12.9. The summed E-state index contributed by atoms with van der Waals surface area (Å²) in [5.41, 5.74) is 3.27. The van der Waals surface area contributed by atoms with Gasteiger partial charge >= 0.3 is 6.18 Å². The predicted molar refractivity (Wildman–Crippen MR) is 76.2 cm³/mol. The number of alkyl halides is 3. The zero-order chi connectivity index (χ0) is 15.1. The molecule has 8 heteroatoms. The highest BCUT2D eigenvalue weighted by Crippen LogP contribution is 2.47. The van der Waals surface area contributed by atoms with Crippen molar-refractivity contribution in [3.8, 4) is 0 Å². The van der Waals surface area contributed by atoms with Crippen LogP contribution in [0.1, 0.15) is 18.4 Å². The van der Waals surface area contributed by atoms with E-state index in [1.54, 1.807) is 0 Å². The molecular weight excluding hydrogens is 357 g/mol. The van der Waals surface area contributed by atoms with Gasteiger partial charge < -0.3 is 11.1 Å². The molecule has 0 radical (unpaired) electrons. The minimum atomic E-state index is -4.56. The van der Waals surface area contributed by atoms with Crippen LogP contribution in [0.2, 0.25) is 0 Å². The summed E-state index contributed by atoms with van der Waals surface area (Å²) in [6, 6.07) is 3.53. The molecule has 0 spiro atoms. The van der Waals surface area contributed by atoms with Crippen LogP contribution in [0, 0.1) is 5.41 Å². The molecule has 1 aliphatic carbocycles. The third-order valence-corrected chi connectivity index (χ3v) is 4.08. The lowest BCUT2D eigenvalue weighted by Crippen LogP contribution is -2.35. The average molecular weight is 367 g/mol. The van der Waals surface area contributed by atoms with Gasteiger partial charge in [0.25, 0.3) is 0 Å². The molecule has 2 rings (SSSR count). The van der Waals surface area contributed by atoms with Crippen LogP contribution in [0.4, 0.5) is 18.9 Å². The summed E-state index contributed by atoms with van der Waals surface area (Å²) in [5.74, 6) is -0.585. The summed E-state index contributed by atoms with van der Waals surface area (Å²) < 4.78 is 39.1. The van der Waals surface area contributed by atoms with Crippen molar-refractivity contribution < 1.29 is 18.0 Å². The average Bonchev–Trinajstić information content (AvgIpc) is 3.11. The van der Waals surface area contributed by atoms with Crippen molar-refractivity contribution in [1.29, 1.82) is 0 Å². The van der Waals surface area contributed by atoms with E-state index in [4.69, 9.17) is 18.0 Å². The molecule has 0 aliphatic heterocycles. The summed E-state index contributed by atoms with van der Waals surface area (Å²) in [6.45, 7) is 0. The normalized spacial score (nSPS) is 16.6. The third kappa shape index (κ3) is 2.80. The minimum absolute atomic E-state index is 0.0145. The van der Waals surface area contributed by atoms with Crippen molar-refractivity contribution in [3.05, 3.63) is 28.2 Å². The molecule has 1 saturated carbocycles. The smallest absolute Gasteiger partial charge is 0.392 e. The molecule has 0 heterocycles. The van der Waals surface area contributed by atoms with Crippen LogP contribution < -0.4 is 11.1 Å². The Bertz CT molecular complexity index is 585. The van der Waals surface area contributed by atoms with Crippen LogP contribution in [0.3, 0.4) is 0 Å². The Kier molecular flexibility index (Phi) is 3.81. The fraction of sp³-hybridized carbons (Fsp3) is 0.333. The van der Waals surface area contributed by atoms with Gasteiger partial charge in [0.1, 0.15) is 0 Å². The maximum Gasteiger partial charge on any atom is 0.418 e. The van der Waals surface area contributed by atoms with Crippen LogP contribution in [0.5, 0.6) is 0 Å². The zero-order valence-electron chi connectivity index (χ0n) is 10.1. The zero-order valence-corrected chi connectivity index (χ0v) is 12.5. The number of nitrogens with two attached hydrogens (primary N) is 1. The van der Waals surface area contributed by atoms with Gasteiger partial charge in [-0.2, -0.15) is 13.2 Å². The third-order valence-electron chi connectivity index (χ3n) is 3.19. The van der Waals surface area contributed by atoms with Gasteiger partial charge in [-0.1, -0.05) is 28.1 Å². The summed E-state index contributed by atoms with van der Waals surface area (Å²) in [5, 5.41) is 2.28. The molecule has 3 nitrogen and oxygen atoms in total. The Hall–Kier alpha value is -1.15. The number of benzene rings is 1. The summed E-state index contributed by atoms with van der Waals surface area (Å²) >= 11 is 7.78. The molecule has 1 aromatic carbocycles. The topological polar surface area (TPSA) is 55.1 Å². The van der Waals surface area contributed by atoms with Crippen molar-refractivity contribution in [2.75, 3.05) is 5.32 Å². The number of nitrogens with one attached hydrogen (secondary N) is 1. The Morgan fingerprint density at radius 3 is 2.45 bits per heavy atom. The monoisotopic (exact) mass is 366 g/mol. The van der Waals surface area contributed by atoms with Gasteiger partial charge in [0.15, 0.2) is 0 Å². The number of hydrogen-bond donors (Lipinski definition) is 2. The van der Waals surface area contributed by atoms with Gasteiger partial charge in [-0.15, -0.1) is 0 Å². The van der Waals surface area contributed by atoms with Gasteiger partial charge in [0.05, 0.1) is 21.7 Å². The second kappa shape index (κ2) is 5.00. The molecule has 0 saturated heterocycles. The lowest BCUT2D eigenvalue weighted by Gasteiger charge is -2.17. The number of carbonyl (C=O) groups is 1. The van der Waals surface area contributed by atoms with E-state index >= 15 is 0 Å². The lowest BCUT2D eigenvalue weighted by molar-refractivity contribution is -0.137. The Morgan fingerprint density at radius 1 is 1.40 bits per heavy atom. The molecule has 3 N–H and O–H groups in total. The number of halogens is 4. The molecule has 0 aromatic heterocycles. The Labute approximate surface area is 126 Å². The number of carbonyl (C=O) groups excluding carboxylic acids is 1. The molecular formula is C12H10BrF3N2OS. The molecule has 0 atom stereocenters. The number of thiocarbonyl (C=S) groups is 1. The fourth-order valence-corrected chi connectivity index (χ4v) is 2.47. The van der Waals surface area contributed by atoms with Crippen LogP contribution in [-0.2, 0) is 11.0 Å². The molecule has 1 amide bonds. The second-order valence-corrected chi connectivity index (χ2v) is 5.94. The molecule has 1 aliphatic rings. The molecule has 1 fully saturated rings. The van der Waals surface area contributed by atoms with E-state index in [1.165, 1.54) is 12.1 Å².